The van der Waals surface area contributed by atoms with E-state index >= 15 is 0 Å². The van der Waals surface area contributed by atoms with Crippen molar-refractivity contribution in [2.24, 2.45) is 0 Å². The van der Waals surface area contributed by atoms with Crippen molar-refractivity contribution in [2.45, 2.75) is 25.9 Å². The van der Waals surface area contributed by atoms with Crippen LogP contribution in [-0.2, 0) is 19.4 Å². The fourth-order valence-electron chi connectivity index (χ4n) is 3.68. The molecule has 0 fully saturated rings. The molecular weight excluding hydrogens is 318 g/mol. The molecule has 0 N–H and O–H groups in total. The summed E-state index contributed by atoms with van der Waals surface area (Å²) in [6.07, 6.45) is 3.41. The number of fused-ring (bicyclic) bond motifs is 1. The molecule has 0 amide bonds. The highest BCUT2D eigenvalue weighted by molar-refractivity contribution is 5.65. The summed E-state index contributed by atoms with van der Waals surface area (Å²) in [5.41, 5.74) is 5.31. The average Bonchev–Trinajstić information content (AvgIpc) is 2.72. The highest BCUT2D eigenvalue weighted by Gasteiger charge is 2.21. The lowest BCUT2D eigenvalue weighted by atomic mass is 10.00. The number of anilines is 1. The number of hydrogen-bond donors (Lipinski definition) is 0. The van der Waals surface area contributed by atoms with Gasteiger partial charge in [0.05, 0.1) is 5.69 Å². The van der Waals surface area contributed by atoms with Crippen LogP contribution in [0, 0.1) is 0 Å². The molecule has 0 saturated carbocycles. The quantitative estimate of drug-likeness (QED) is 0.605. The zero-order valence-electron chi connectivity index (χ0n) is 15.1. The van der Waals surface area contributed by atoms with Crippen LogP contribution in [0.4, 0.5) is 5.69 Å². The first-order chi connectivity index (χ1) is 12.9. The summed E-state index contributed by atoms with van der Waals surface area (Å²) < 4.78 is 6.23. The Bertz CT molecular complexity index is 829. The Morgan fingerprint density at radius 2 is 1.50 bits per heavy atom. The van der Waals surface area contributed by atoms with Crippen LogP contribution in [-0.4, -0.2) is 13.1 Å². The number of para-hydroxylation sites is 1. The fourth-order valence-corrected chi connectivity index (χ4v) is 3.68. The first kappa shape index (κ1) is 16.7. The van der Waals surface area contributed by atoms with E-state index in [1.54, 1.807) is 0 Å². The van der Waals surface area contributed by atoms with Crippen molar-refractivity contribution in [3.05, 3.63) is 95.6 Å². The van der Waals surface area contributed by atoms with Gasteiger partial charge in [-0.2, -0.15) is 0 Å². The van der Waals surface area contributed by atoms with Crippen molar-refractivity contribution in [3.63, 3.8) is 0 Å². The second-order valence-corrected chi connectivity index (χ2v) is 6.86. The number of aryl methyl sites for hydroxylation is 1. The Hall–Kier alpha value is -2.74. The highest BCUT2D eigenvalue weighted by atomic mass is 16.5. The van der Waals surface area contributed by atoms with Crippen LogP contribution in [0.5, 0.6) is 5.75 Å². The molecule has 3 aromatic rings. The smallest absolute Gasteiger partial charge is 0.143 e. The Kier molecular flexibility index (Phi) is 5.20. The Balaban J connectivity index is 1.51. The summed E-state index contributed by atoms with van der Waals surface area (Å²) in [5.74, 6) is 1.01. The molecular formula is C24H25NO. The number of rotatable bonds is 6. The van der Waals surface area contributed by atoms with Gasteiger partial charge in [0.2, 0.25) is 0 Å². The van der Waals surface area contributed by atoms with Crippen LogP contribution < -0.4 is 9.64 Å². The molecule has 0 bridgehead atoms. The van der Waals surface area contributed by atoms with E-state index in [9.17, 15) is 0 Å². The van der Waals surface area contributed by atoms with E-state index < -0.39 is 0 Å². The summed E-state index contributed by atoms with van der Waals surface area (Å²) in [7, 11) is 0. The Labute approximate surface area is 156 Å². The monoisotopic (exact) mass is 343 g/mol. The Morgan fingerprint density at radius 1 is 0.769 bits per heavy atom. The minimum atomic E-state index is 0.615. The maximum atomic E-state index is 6.23. The van der Waals surface area contributed by atoms with Crippen LogP contribution in [0.1, 0.15) is 23.1 Å². The zero-order valence-corrected chi connectivity index (χ0v) is 15.1. The lowest BCUT2D eigenvalue weighted by Gasteiger charge is -2.33. The number of benzene rings is 3. The van der Waals surface area contributed by atoms with Gasteiger partial charge >= 0.3 is 0 Å². The van der Waals surface area contributed by atoms with Gasteiger partial charge in [-0.3, -0.25) is 0 Å². The minimum Gasteiger partial charge on any atom is -0.487 e. The summed E-state index contributed by atoms with van der Waals surface area (Å²) in [4.78, 5) is 2.51. The van der Waals surface area contributed by atoms with E-state index in [4.69, 9.17) is 4.74 Å². The van der Waals surface area contributed by atoms with Crippen LogP contribution in [0.3, 0.4) is 0 Å². The molecule has 2 heteroatoms. The lowest BCUT2D eigenvalue weighted by molar-refractivity contribution is 0.305. The SMILES string of the molecule is c1ccc(CCN2CCCc3cccc(OCc4ccccc4)c32)cc1. The van der Waals surface area contributed by atoms with Gasteiger partial charge in [0, 0.05) is 13.1 Å². The van der Waals surface area contributed by atoms with Gasteiger partial charge in [-0.15, -0.1) is 0 Å². The van der Waals surface area contributed by atoms with Crippen molar-refractivity contribution in [1.82, 2.24) is 0 Å². The normalized spacial score (nSPS) is 13.3. The molecule has 0 spiro atoms. The van der Waals surface area contributed by atoms with Gasteiger partial charge in [0.25, 0.3) is 0 Å². The van der Waals surface area contributed by atoms with E-state index in [2.05, 4.69) is 77.7 Å². The van der Waals surface area contributed by atoms with Gasteiger partial charge in [-0.25, -0.2) is 0 Å². The van der Waals surface area contributed by atoms with Crippen molar-refractivity contribution >= 4 is 5.69 Å². The molecule has 4 rings (SSSR count). The highest BCUT2D eigenvalue weighted by Crippen LogP contribution is 2.36. The van der Waals surface area contributed by atoms with Crippen molar-refractivity contribution in [2.75, 3.05) is 18.0 Å². The summed E-state index contributed by atoms with van der Waals surface area (Å²) in [5, 5.41) is 0. The number of ether oxygens (including phenoxy) is 1. The number of hydrogen-bond acceptors (Lipinski definition) is 2. The first-order valence-electron chi connectivity index (χ1n) is 9.47. The van der Waals surface area contributed by atoms with Gasteiger partial charge in [-0.1, -0.05) is 72.8 Å². The molecule has 0 aromatic heterocycles. The maximum Gasteiger partial charge on any atom is 0.143 e. The largest absolute Gasteiger partial charge is 0.487 e. The summed E-state index contributed by atoms with van der Waals surface area (Å²) >= 11 is 0. The minimum absolute atomic E-state index is 0.615. The molecule has 0 radical (unpaired) electrons. The van der Waals surface area contributed by atoms with E-state index in [1.165, 1.54) is 28.8 Å². The van der Waals surface area contributed by atoms with Crippen molar-refractivity contribution in [1.29, 1.82) is 0 Å². The van der Waals surface area contributed by atoms with E-state index in [0.29, 0.717) is 6.61 Å². The number of nitrogens with zero attached hydrogens (tertiary/aromatic N) is 1. The zero-order chi connectivity index (χ0) is 17.6. The third-order valence-electron chi connectivity index (χ3n) is 5.02. The summed E-state index contributed by atoms with van der Waals surface area (Å²) in [6, 6.07) is 27.6. The van der Waals surface area contributed by atoms with E-state index in [0.717, 1.165) is 31.7 Å². The molecule has 0 unspecified atom stereocenters. The fraction of sp³-hybridized carbons (Fsp3) is 0.250. The third kappa shape index (κ3) is 3.91. The van der Waals surface area contributed by atoms with E-state index in [-0.39, 0.29) is 0 Å². The van der Waals surface area contributed by atoms with Crippen molar-refractivity contribution in [3.8, 4) is 5.75 Å². The van der Waals surface area contributed by atoms with Gasteiger partial charge in [0.15, 0.2) is 0 Å². The molecule has 1 aliphatic heterocycles. The summed E-state index contributed by atoms with van der Waals surface area (Å²) in [6.45, 7) is 2.75. The predicted octanol–water partition coefficient (Wildman–Crippen LogP) is 5.26. The molecule has 2 nitrogen and oxygen atoms in total. The molecule has 0 atom stereocenters. The molecule has 26 heavy (non-hydrogen) atoms. The van der Waals surface area contributed by atoms with Crippen molar-refractivity contribution < 1.29 is 4.74 Å². The second kappa shape index (κ2) is 8.09. The molecule has 1 heterocycles. The average molecular weight is 343 g/mol. The molecule has 0 saturated heterocycles. The Morgan fingerprint density at radius 3 is 2.27 bits per heavy atom. The first-order valence-corrected chi connectivity index (χ1v) is 9.47. The van der Waals surface area contributed by atoms with Gasteiger partial charge < -0.3 is 9.64 Å². The van der Waals surface area contributed by atoms with Crippen LogP contribution in [0.2, 0.25) is 0 Å². The predicted molar refractivity (Wildman–Crippen MR) is 108 cm³/mol. The van der Waals surface area contributed by atoms with Crippen LogP contribution >= 0.6 is 0 Å². The van der Waals surface area contributed by atoms with Crippen LogP contribution in [0.15, 0.2) is 78.9 Å². The molecule has 3 aromatic carbocycles. The maximum absolute atomic E-state index is 6.23. The molecule has 132 valence electrons. The topological polar surface area (TPSA) is 12.5 Å². The molecule has 1 aliphatic rings. The molecule has 0 aliphatic carbocycles. The van der Waals surface area contributed by atoms with Crippen LogP contribution in [0.25, 0.3) is 0 Å². The second-order valence-electron chi connectivity index (χ2n) is 6.86. The standard InChI is InChI=1S/C24H25NO/c1-3-9-20(10-4-1)16-18-25-17-8-14-22-13-7-15-23(24(22)25)26-19-21-11-5-2-6-12-21/h1-7,9-13,15H,8,14,16-19H2. The van der Waals surface area contributed by atoms with Gasteiger partial charge in [0.1, 0.15) is 12.4 Å². The third-order valence-corrected chi connectivity index (χ3v) is 5.02. The van der Waals surface area contributed by atoms with Gasteiger partial charge in [-0.05, 0) is 42.0 Å². The lowest BCUT2D eigenvalue weighted by Crippen LogP contribution is -2.31. The van der Waals surface area contributed by atoms with E-state index in [1.807, 2.05) is 6.07 Å².